The van der Waals surface area contributed by atoms with E-state index >= 15 is 0 Å². The van der Waals surface area contributed by atoms with Crippen molar-refractivity contribution in [1.82, 2.24) is 4.98 Å². The molecule has 0 saturated heterocycles. The molecule has 2 N–H and O–H groups in total. The first-order valence-electron chi connectivity index (χ1n) is 6.21. The van der Waals surface area contributed by atoms with Crippen molar-refractivity contribution in [3.63, 3.8) is 0 Å². The van der Waals surface area contributed by atoms with Gasteiger partial charge in [0.2, 0.25) is 0 Å². The first-order chi connectivity index (χ1) is 9.13. The average Bonchev–Trinajstić information content (AvgIpc) is 2.46. The molecule has 0 spiro atoms. The summed E-state index contributed by atoms with van der Waals surface area (Å²) in [7, 11) is 3.64. The van der Waals surface area contributed by atoms with E-state index in [1.807, 2.05) is 55.3 Å². The summed E-state index contributed by atoms with van der Waals surface area (Å²) in [4.78, 5) is 6.45. The van der Waals surface area contributed by atoms with Crippen molar-refractivity contribution < 1.29 is 4.74 Å². The minimum atomic E-state index is -0.0586. The quantitative estimate of drug-likeness (QED) is 0.915. The van der Waals surface area contributed by atoms with Gasteiger partial charge in [0.15, 0.2) is 0 Å². The van der Waals surface area contributed by atoms with E-state index < -0.39 is 0 Å². The maximum Gasteiger partial charge on any atom is 0.137 e. The number of hydrogen-bond donors (Lipinski definition) is 1. The zero-order chi connectivity index (χ0) is 13.8. The lowest BCUT2D eigenvalue weighted by atomic mass is 10.1. The summed E-state index contributed by atoms with van der Waals surface area (Å²) in [5, 5.41) is 0. The molecule has 0 aliphatic rings. The molecular weight excluding hydrogens is 238 g/mol. The Morgan fingerprint density at radius 3 is 2.74 bits per heavy atom. The first-order valence-corrected chi connectivity index (χ1v) is 6.21. The molecule has 0 amide bonds. The van der Waals surface area contributed by atoms with Crippen LogP contribution in [-0.2, 0) is 0 Å². The Bertz CT molecular complexity index is 555. The van der Waals surface area contributed by atoms with Gasteiger partial charge >= 0.3 is 0 Å². The van der Waals surface area contributed by atoms with Crippen molar-refractivity contribution in [2.24, 2.45) is 5.73 Å². The van der Waals surface area contributed by atoms with Gasteiger partial charge in [-0.05, 0) is 25.1 Å². The molecule has 2 rings (SSSR count). The predicted molar refractivity (Wildman–Crippen MR) is 77.9 cm³/mol. The molecule has 0 fully saturated rings. The molecule has 0 aliphatic carbocycles. The standard InChI is InChI=1S/C15H19N3O/c1-11(16)14-8-5-9-17-15(14)18(2)12-6-4-7-13(10-12)19-3/h4-11H,16H2,1-3H3/t11-/m0/s1. The molecule has 4 nitrogen and oxygen atoms in total. The molecule has 1 atom stereocenters. The summed E-state index contributed by atoms with van der Waals surface area (Å²) in [6.07, 6.45) is 1.78. The van der Waals surface area contributed by atoms with Crippen LogP contribution in [0.15, 0.2) is 42.6 Å². The molecule has 0 radical (unpaired) electrons. The Kier molecular flexibility index (Phi) is 4.02. The highest BCUT2D eigenvalue weighted by atomic mass is 16.5. The van der Waals surface area contributed by atoms with Gasteiger partial charge in [-0.15, -0.1) is 0 Å². The largest absolute Gasteiger partial charge is 0.497 e. The van der Waals surface area contributed by atoms with Crippen molar-refractivity contribution in [3.8, 4) is 5.75 Å². The zero-order valence-corrected chi connectivity index (χ0v) is 11.5. The lowest BCUT2D eigenvalue weighted by Gasteiger charge is -2.23. The number of rotatable bonds is 4. The van der Waals surface area contributed by atoms with Crippen LogP contribution in [0.2, 0.25) is 0 Å². The molecule has 100 valence electrons. The van der Waals surface area contributed by atoms with Gasteiger partial charge in [0.1, 0.15) is 11.6 Å². The zero-order valence-electron chi connectivity index (χ0n) is 11.5. The van der Waals surface area contributed by atoms with E-state index in [4.69, 9.17) is 10.5 Å². The Morgan fingerprint density at radius 2 is 2.05 bits per heavy atom. The lowest BCUT2D eigenvalue weighted by Crippen LogP contribution is -2.17. The van der Waals surface area contributed by atoms with E-state index in [0.29, 0.717) is 0 Å². The van der Waals surface area contributed by atoms with Crippen molar-refractivity contribution in [2.45, 2.75) is 13.0 Å². The van der Waals surface area contributed by atoms with Crippen LogP contribution in [0.1, 0.15) is 18.5 Å². The molecule has 1 aromatic heterocycles. The number of methoxy groups -OCH3 is 1. The van der Waals surface area contributed by atoms with E-state index in [1.54, 1.807) is 13.3 Å². The Labute approximate surface area is 113 Å². The number of nitrogens with zero attached hydrogens (tertiary/aromatic N) is 2. The lowest BCUT2D eigenvalue weighted by molar-refractivity contribution is 0.415. The molecule has 0 saturated carbocycles. The topological polar surface area (TPSA) is 51.4 Å². The number of aromatic nitrogens is 1. The second-order valence-corrected chi connectivity index (χ2v) is 4.47. The summed E-state index contributed by atoms with van der Waals surface area (Å²) >= 11 is 0. The molecule has 19 heavy (non-hydrogen) atoms. The molecule has 1 aromatic carbocycles. The van der Waals surface area contributed by atoms with Crippen LogP contribution in [0, 0.1) is 0 Å². The molecule has 0 unspecified atom stereocenters. The van der Waals surface area contributed by atoms with Gasteiger partial charge in [-0.25, -0.2) is 4.98 Å². The normalized spacial score (nSPS) is 12.0. The minimum Gasteiger partial charge on any atom is -0.497 e. The highest BCUT2D eigenvalue weighted by molar-refractivity contribution is 5.63. The second kappa shape index (κ2) is 5.71. The van der Waals surface area contributed by atoms with Crippen LogP contribution < -0.4 is 15.4 Å². The Hall–Kier alpha value is -2.07. The Morgan fingerprint density at radius 1 is 1.26 bits per heavy atom. The SMILES string of the molecule is COc1cccc(N(C)c2ncccc2[C@H](C)N)c1. The van der Waals surface area contributed by atoms with E-state index in [9.17, 15) is 0 Å². The van der Waals surface area contributed by atoms with Gasteiger partial charge in [0.05, 0.1) is 7.11 Å². The number of anilines is 2. The number of pyridine rings is 1. The minimum absolute atomic E-state index is 0.0586. The van der Waals surface area contributed by atoms with Crippen LogP contribution >= 0.6 is 0 Å². The van der Waals surface area contributed by atoms with E-state index in [0.717, 1.165) is 22.8 Å². The van der Waals surface area contributed by atoms with E-state index in [-0.39, 0.29) is 6.04 Å². The van der Waals surface area contributed by atoms with Crippen LogP contribution in [-0.4, -0.2) is 19.1 Å². The van der Waals surface area contributed by atoms with Gasteiger partial charge in [-0.3, -0.25) is 0 Å². The van der Waals surface area contributed by atoms with Gasteiger partial charge in [0.25, 0.3) is 0 Å². The fourth-order valence-electron chi connectivity index (χ4n) is 1.99. The summed E-state index contributed by atoms with van der Waals surface area (Å²) in [6, 6.07) is 11.7. The number of nitrogens with two attached hydrogens (primary N) is 1. The average molecular weight is 257 g/mol. The second-order valence-electron chi connectivity index (χ2n) is 4.47. The summed E-state index contributed by atoms with van der Waals surface area (Å²) in [6.45, 7) is 1.96. The van der Waals surface area contributed by atoms with Gasteiger partial charge < -0.3 is 15.4 Å². The maximum absolute atomic E-state index is 6.00. The van der Waals surface area contributed by atoms with Crippen molar-refractivity contribution in [1.29, 1.82) is 0 Å². The van der Waals surface area contributed by atoms with Crippen molar-refractivity contribution in [2.75, 3.05) is 19.1 Å². The predicted octanol–water partition coefficient (Wildman–Crippen LogP) is 2.88. The molecule has 0 aliphatic heterocycles. The molecular formula is C15H19N3O. The number of ether oxygens (including phenoxy) is 1. The highest BCUT2D eigenvalue weighted by Gasteiger charge is 2.13. The highest BCUT2D eigenvalue weighted by Crippen LogP contribution is 2.29. The molecule has 1 heterocycles. The summed E-state index contributed by atoms with van der Waals surface area (Å²) in [5.41, 5.74) is 8.03. The molecule has 4 heteroatoms. The first kappa shape index (κ1) is 13.4. The Balaban J connectivity index is 2.40. The summed E-state index contributed by atoms with van der Waals surface area (Å²) in [5.74, 6) is 1.69. The van der Waals surface area contributed by atoms with Crippen LogP contribution in [0.3, 0.4) is 0 Å². The third kappa shape index (κ3) is 2.85. The maximum atomic E-state index is 6.00. The fourth-order valence-corrected chi connectivity index (χ4v) is 1.99. The summed E-state index contributed by atoms with van der Waals surface area (Å²) < 4.78 is 5.25. The van der Waals surface area contributed by atoms with Crippen LogP contribution in [0.25, 0.3) is 0 Å². The van der Waals surface area contributed by atoms with Crippen LogP contribution in [0.5, 0.6) is 5.75 Å². The van der Waals surface area contributed by atoms with E-state index in [2.05, 4.69) is 4.98 Å². The van der Waals surface area contributed by atoms with Gasteiger partial charge in [-0.1, -0.05) is 12.1 Å². The van der Waals surface area contributed by atoms with E-state index in [1.165, 1.54) is 0 Å². The monoisotopic (exact) mass is 257 g/mol. The van der Waals surface area contributed by atoms with Crippen molar-refractivity contribution in [3.05, 3.63) is 48.2 Å². The van der Waals surface area contributed by atoms with Gasteiger partial charge in [-0.2, -0.15) is 0 Å². The molecule has 0 bridgehead atoms. The number of hydrogen-bond acceptors (Lipinski definition) is 4. The fraction of sp³-hybridized carbons (Fsp3) is 0.267. The van der Waals surface area contributed by atoms with Crippen LogP contribution in [0.4, 0.5) is 11.5 Å². The van der Waals surface area contributed by atoms with Crippen molar-refractivity contribution >= 4 is 11.5 Å². The van der Waals surface area contributed by atoms with Gasteiger partial charge in [0, 0.05) is 36.6 Å². The third-order valence-electron chi connectivity index (χ3n) is 3.07. The smallest absolute Gasteiger partial charge is 0.137 e. The third-order valence-corrected chi connectivity index (χ3v) is 3.07. The molecule has 2 aromatic rings. The number of benzene rings is 1.